The standard InChI is InChI=1S/C17H14BrN3O2/c1-2-16(22)23-13-5-3-4-12(9-13)21-17-14-8-11(18)6-7-15(14)19-10-20-17/h3-10H,2H2,1H3,(H,19,20,21). The van der Waals surface area contributed by atoms with E-state index in [0.717, 1.165) is 21.1 Å². The number of aromatic nitrogens is 2. The monoisotopic (exact) mass is 371 g/mol. The van der Waals surface area contributed by atoms with Gasteiger partial charge in [-0.2, -0.15) is 0 Å². The van der Waals surface area contributed by atoms with E-state index in [1.807, 2.05) is 30.3 Å². The fraction of sp³-hybridized carbons (Fsp3) is 0.118. The molecule has 3 rings (SSSR count). The maximum atomic E-state index is 11.4. The van der Waals surface area contributed by atoms with Crippen molar-refractivity contribution in [3.05, 3.63) is 53.3 Å². The number of carbonyl (C=O) groups is 1. The van der Waals surface area contributed by atoms with Gasteiger partial charge in [0.2, 0.25) is 0 Å². The highest BCUT2D eigenvalue weighted by Gasteiger charge is 2.07. The van der Waals surface area contributed by atoms with Gasteiger partial charge in [0.1, 0.15) is 17.9 Å². The lowest BCUT2D eigenvalue weighted by Crippen LogP contribution is -2.05. The fourth-order valence-electron chi connectivity index (χ4n) is 2.11. The van der Waals surface area contributed by atoms with Crippen molar-refractivity contribution in [1.29, 1.82) is 0 Å². The maximum Gasteiger partial charge on any atom is 0.310 e. The molecule has 0 atom stereocenters. The lowest BCUT2D eigenvalue weighted by Gasteiger charge is -2.10. The van der Waals surface area contributed by atoms with Crippen LogP contribution in [-0.4, -0.2) is 15.9 Å². The summed E-state index contributed by atoms with van der Waals surface area (Å²) < 4.78 is 6.18. The van der Waals surface area contributed by atoms with Crippen LogP contribution in [0.2, 0.25) is 0 Å². The summed E-state index contributed by atoms with van der Waals surface area (Å²) in [6, 6.07) is 13.0. The average Bonchev–Trinajstić information content (AvgIpc) is 2.55. The number of nitrogens with zero attached hydrogens (tertiary/aromatic N) is 2. The number of fused-ring (bicyclic) bond motifs is 1. The van der Waals surface area contributed by atoms with Crippen LogP contribution in [0.3, 0.4) is 0 Å². The number of benzene rings is 2. The van der Waals surface area contributed by atoms with Crippen molar-refractivity contribution in [3.8, 4) is 5.75 Å². The second-order valence-electron chi connectivity index (χ2n) is 4.86. The number of halogens is 1. The minimum absolute atomic E-state index is 0.265. The van der Waals surface area contributed by atoms with Gasteiger partial charge in [0.15, 0.2) is 0 Å². The number of carbonyl (C=O) groups excluding carboxylic acids is 1. The van der Waals surface area contributed by atoms with E-state index in [0.29, 0.717) is 18.0 Å². The highest BCUT2D eigenvalue weighted by molar-refractivity contribution is 9.10. The van der Waals surface area contributed by atoms with Crippen LogP contribution in [0.15, 0.2) is 53.3 Å². The van der Waals surface area contributed by atoms with E-state index in [1.54, 1.807) is 19.1 Å². The molecule has 1 aromatic heterocycles. The SMILES string of the molecule is CCC(=O)Oc1cccc(Nc2ncnc3ccc(Br)cc23)c1. The number of anilines is 2. The van der Waals surface area contributed by atoms with Crippen LogP contribution in [-0.2, 0) is 4.79 Å². The van der Waals surface area contributed by atoms with Crippen molar-refractivity contribution >= 4 is 44.3 Å². The Bertz CT molecular complexity index is 867. The van der Waals surface area contributed by atoms with Crippen LogP contribution >= 0.6 is 15.9 Å². The molecule has 0 saturated carbocycles. The lowest BCUT2D eigenvalue weighted by molar-refractivity contribution is -0.134. The molecule has 0 saturated heterocycles. The zero-order chi connectivity index (χ0) is 16.2. The van der Waals surface area contributed by atoms with E-state index in [1.165, 1.54) is 6.33 Å². The Kier molecular flexibility index (Phi) is 4.52. The molecule has 3 aromatic rings. The van der Waals surface area contributed by atoms with Crippen LogP contribution in [0.4, 0.5) is 11.5 Å². The van der Waals surface area contributed by atoms with Gasteiger partial charge in [0.05, 0.1) is 5.52 Å². The minimum atomic E-state index is -0.265. The Hall–Kier alpha value is -2.47. The number of esters is 1. The first-order chi connectivity index (χ1) is 11.2. The zero-order valence-corrected chi connectivity index (χ0v) is 14.0. The number of ether oxygens (including phenoxy) is 1. The van der Waals surface area contributed by atoms with Crippen molar-refractivity contribution in [2.75, 3.05) is 5.32 Å². The summed E-state index contributed by atoms with van der Waals surface area (Å²) in [4.78, 5) is 19.9. The minimum Gasteiger partial charge on any atom is -0.426 e. The Morgan fingerprint density at radius 2 is 2.09 bits per heavy atom. The summed E-state index contributed by atoms with van der Waals surface area (Å²) in [7, 11) is 0. The molecule has 116 valence electrons. The Morgan fingerprint density at radius 3 is 2.91 bits per heavy atom. The molecular formula is C17H14BrN3O2. The van der Waals surface area contributed by atoms with Crippen LogP contribution in [0.1, 0.15) is 13.3 Å². The smallest absolute Gasteiger partial charge is 0.310 e. The second-order valence-corrected chi connectivity index (χ2v) is 5.78. The van der Waals surface area contributed by atoms with Gasteiger partial charge in [0.25, 0.3) is 0 Å². The second kappa shape index (κ2) is 6.75. The summed E-state index contributed by atoms with van der Waals surface area (Å²) in [5, 5.41) is 4.14. The van der Waals surface area contributed by atoms with Crippen LogP contribution in [0.25, 0.3) is 10.9 Å². The van der Waals surface area contributed by atoms with Crippen LogP contribution in [0, 0.1) is 0 Å². The molecule has 0 aliphatic carbocycles. The molecule has 0 bridgehead atoms. The summed E-state index contributed by atoms with van der Waals surface area (Å²) in [6.07, 6.45) is 1.85. The fourth-order valence-corrected chi connectivity index (χ4v) is 2.47. The van der Waals surface area contributed by atoms with E-state index in [9.17, 15) is 4.79 Å². The third-order valence-electron chi connectivity index (χ3n) is 3.21. The molecule has 0 unspecified atom stereocenters. The summed E-state index contributed by atoms with van der Waals surface area (Å²) >= 11 is 3.46. The first kappa shape index (κ1) is 15.4. The molecule has 0 aliphatic heterocycles. The van der Waals surface area contributed by atoms with Crippen molar-refractivity contribution in [1.82, 2.24) is 9.97 Å². The van der Waals surface area contributed by atoms with Gasteiger partial charge in [0, 0.05) is 28.0 Å². The highest BCUT2D eigenvalue weighted by Crippen LogP contribution is 2.27. The van der Waals surface area contributed by atoms with Crippen molar-refractivity contribution in [3.63, 3.8) is 0 Å². The molecule has 23 heavy (non-hydrogen) atoms. The average molecular weight is 372 g/mol. The summed E-state index contributed by atoms with van der Waals surface area (Å²) in [5.41, 5.74) is 1.63. The molecule has 0 amide bonds. The predicted molar refractivity (Wildman–Crippen MR) is 92.9 cm³/mol. The third-order valence-corrected chi connectivity index (χ3v) is 3.71. The number of hydrogen-bond acceptors (Lipinski definition) is 5. The lowest BCUT2D eigenvalue weighted by atomic mass is 10.2. The van der Waals surface area contributed by atoms with Gasteiger partial charge in [-0.3, -0.25) is 4.79 Å². The van der Waals surface area contributed by atoms with E-state index in [4.69, 9.17) is 4.74 Å². The maximum absolute atomic E-state index is 11.4. The van der Waals surface area contributed by atoms with E-state index >= 15 is 0 Å². The third kappa shape index (κ3) is 3.65. The largest absolute Gasteiger partial charge is 0.426 e. The Balaban J connectivity index is 1.92. The predicted octanol–water partition coefficient (Wildman–Crippen LogP) is 4.45. The molecule has 6 heteroatoms. The molecular weight excluding hydrogens is 358 g/mol. The molecule has 0 radical (unpaired) electrons. The number of rotatable bonds is 4. The Labute approximate surface area is 141 Å². The van der Waals surface area contributed by atoms with Gasteiger partial charge < -0.3 is 10.1 Å². The van der Waals surface area contributed by atoms with Crippen LogP contribution < -0.4 is 10.1 Å². The van der Waals surface area contributed by atoms with Gasteiger partial charge >= 0.3 is 5.97 Å². The highest BCUT2D eigenvalue weighted by atomic mass is 79.9. The van der Waals surface area contributed by atoms with E-state index in [2.05, 4.69) is 31.2 Å². The quantitative estimate of drug-likeness (QED) is 0.542. The number of nitrogens with one attached hydrogen (secondary N) is 1. The molecule has 0 aliphatic rings. The van der Waals surface area contributed by atoms with Gasteiger partial charge in [-0.15, -0.1) is 0 Å². The normalized spacial score (nSPS) is 10.5. The summed E-state index contributed by atoms with van der Waals surface area (Å²) in [5.74, 6) is 0.926. The topological polar surface area (TPSA) is 64.1 Å². The Morgan fingerprint density at radius 1 is 1.22 bits per heavy atom. The molecule has 5 nitrogen and oxygen atoms in total. The van der Waals surface area contributed by atoms with E-state index < -0.39 is 0 Å². The van der Waals surface area contributed by atoms with Crippen LogP contribution in [0.5, 0.6) is 5.75 Å². The van der Waals surface area contributed by atoms with Crippen molar-refractivity contribution in [2.24, 2.45) is 0 Å². The molecule has 0 spiro atoms. The van der Waals surface area contributed by atoms with Gasteiger partial charge in [-0.1, -0.05) is 28.9 Å². The van der Waals surface area contributed by atoms with Gasteiger partial charge in [-0.25, -0.2) is 9.97 Å². The molecule has 1 N–H and O–H groups in total. The van der Waals surface area contributed by atoms with Gasteiger partial charge in [-0.05, 0) is 30.3 Å². The van der Waals surface area contributed by atoms with E-state index in [-0.39, 0.29) is 5.97 Å². The number of hydrogen-bond donors (Lipinski definition) is 1. The first-order valence-electron chi connectivity index (χ1n) is 7.14. The first-order valence-corrected chi connectivity index (χ1v) is 7.93. The molecule has 1 heterocycles. The molecule has 2 aromatic carbocycles. The molecule has 0 fully saturated rings. The summed E-state index contributed by atoms with van der Waals surface area (Å²) in [6.45, 7) is 1.76. The van der Waals surface area contributed by atoms with Crippen molar-refractivity contribution < 1.29 is 9.53 Å². The zero-order valence-electron chi connectivity index (χ0n) is 12.4. The van der Waals surface area contributed by atoms with Crippen molar-refractivity contribution in [2.45, 2.75) is 13.3 Å².